The summed E-state index contributed by atoms with van der Waals surface area (Å²) in [5.74, 6) is 0.547. The fraction of sp³-hybridized carbons (Fsp3) is 0.889. The summed E-state index contributed by atoms with van der Waals surface area (Å²) in [5, 5.41) is 5.89. The maximum atomic E-state index is 11.3. The van der Waals surface area contributed by atoms with E-state index in [1.807, 2.05) is 13.8 Å². The van der Waals surface area contributed by atoms with Crippen molar-refractivity contribution in [2.24, 2.45) is 0 Å². The molecule has 0 aliphatic heterocycles. The van der Waals surface area contributed by atoms with Crippen molar-refractivity contribution < 1.29 is 9.00 Å². The van der Waals surface area contributed by atoms with Gasteiger partial charge in [-0.25, -0.2) is 0 Å². The first-order valence-corrected chi connectivity index (χ1v) is 6.59. The summed E-state index contributed by atoms with van der Waals surface area (Å²) < 4.78 is 10.7. The molecular formula is C9H20N2O2S. The van der Waals surface area contributed by atoms with Crippen LogP contribution < -0.4 is 10.6 Å². The standard InChI is InChI=1S/C9H20N2O2S/c1-4-10-8(2)7-9(12)11-5-6-14(3)13/h8,10H,4-7H2,1-3H3,(H,11,12). The van der Waals surface area contributed by atoms with Crippen molar-refractivity contribution in [1.82, 2.24) is 10.6 Å². The zero-order valence-corrected chi connectivity index (χ0v) is 9.95. The first kappa shape index (κ1) is 13.6. The smallest absolute Gasteiger partial charge is 0.221 e. The van der Waals surface area contributed by atoms with Crippen molar-refractivity contribution >= 4 is 16.7 Å². The fourth-order valence-electron chi connectivity index (χ4n) is 1.11. The van der Waals surface area contributed by atoms with E-state index in [1.54, 1.807) is 6.26 Å². The van der Waals surface area contributed by atoms with Gasteiger partial charge in [-0.3, -0.25) is 9.00 Å². The van der Waals surface area contributed by atoms with Crippen LogP contribution in [-0.4, -0.2) is 41.3 Å². The molecule has 0 spiro atoms. The Hall–Kier alpha value is -0.420. The Morgan fingerprint density at radius 2 is 2.14 bits per heavy atom. The molecule has 2 atom stereocenters. The first-order valence-electron chi connectivity index (χ1n) is 4.86. The summed E-state index contributed by atoms with van der Waals surface area (Å²) in [4.78, 5) is 11.3. The Bertz CT molecular complexity index is 197. The lowest BCUT2D eigenvalue weighted by molar-refractivity contribution is -0.121. The van der Waals surface area contributed by atoms with Gasteiger partial charge in [0.25, 0.3) is 0 Å². The summed E-state index contributed by atoms with van der Waals surface area (Å²) in [7, 11) is -0.828. The quantitative estimate of drug-likeness (QED) is 0.628. The summed E-state index contributed by atoms with van der Waals surface area (Å²) in [6.45, 7) is 5.35. The predicted molar refractivity (Wildman–Crippen MR) is 59.7 cm³/mol. The van der Waals surface area contributed by atoms with Crippen molar-refractivity contribution in [1.29, 1.82) is 0 Å². The molecule has 0 fully saturated rings. The van der Waals surface area contributed by atoms with Crippen LogP contribution >= 0.6 is 0 Å². The molecule has 2 unspecified atom stereocenters. The van der Waals surface area contributed by atoms with Crippen molar-refractivity contribution in [2.45, 2.75) is 26.3 Å². The number of amides is 1. The normalized spacial score (nSPS) is 14.8. The topological polar surface area (TPSA) is 58.2 Å². The summed E-state index contributed by atoms with van der Waals surface area (Å²) in [6.07, 6.45) is 2.11. The predicted octanol–water partition coefficient (Wildman–Crippen LogP) is -0.131. The first-order chi connectivity index (χ1) is 6.56. The van der Waals surface area contributed by atoms with E-state index < -0.39 is 10.8 Å². The van der Waals surface area contributed by atoms with Gasteiger partial charge in [0, 0.05) is 41.8 Å². The van der Waals surface area contributed by atoms with Crippen LogP contribution in [-0.2, 0) is 15.6 Å². The highest BCUT2D eigenvalue weighted by Gasteiger charge is 2.06. The molecule has 4 nitrogen and oxygen atoms in total. The van der Waals surface area contributed by atoms with Crippen LogP contribution in [0.25, 0.3) is 0 Å². The molecule has 0 aromatic carbocycles. The monoisotopic (exact) mass is 220 g/mol. The second kappa shape index (κ2) is 7.94. The van der Waals surface area contributed by atoms with Gasteiger partial charge in [0.15, 0.2) is 0 Å². The zero-order valence-electron chi connectivity index (χ0n) is 9.13. The van der Waals surface area contributed by atoms with Crippen LogP contribution in [0.3, 0.4) is 0 Å². The molecule has 5 heteroatoms. The van der Waals surface area contributed by atoms with E-state index >= 15 is 0 Å². The highest BCUT2D eigenvalue weighted by atomic mass is 32.2. The lowest BCUT2D eigenvalue weighted by atomic mass is 10.2. The molecule has 0 rings (SSSR count). The molecule has 0 saturated carbocycles. The van der Waals surface area contributed by atoms with Gasteiger partial charge in [0.05, 0.1) is 0 Å². The average molecular weight is 220 g/mol. The molecule has 84 valence electrons. The zero-order chi connectivity index (χ0) is 11.0. The van der Waals surface area contributed by atoms with E-state index in [4.69, 9.17) is 0 Å². The number of rotatable bonds is 7. The lowest BCUT2D eigenvalue weighted by Crippen LogP contribution is -2.35. The number of hydrogen-bond acceptors (Lipinski definition) is 3. The molecule has 14 heavy (non-hydrogen) atoms. The third-order valence-electron chi connectivity index (χ3n) is 1.76. The summed E-state index contributed by atoms with van der Waals surface area (Å²) >= 11 is 0. The second-order valence-electron chi connectivity index (χ2n) is 3.29. The maximum absolute atomic E-state index is 11.3. The molecule has 0 aliphatic carbocycles. The Morgan fingerprint density at radius 3 is 2.64 bits per heavy atom. The molecule has 0 bridgehead atoms. The fourth-order valence-corrected chi connectivity index (χ4v) is 1.49. The van der Waals surface area contributed by atoms with Crippen molar-refractivity contribution in [3.8, 4) is 0 Å². The highest BCUT2D eigenvalue weighted by molar-refractivity contribution is 7.84. The van der Waals surface area contributed by atoms with Crippen LogP contribution in [0.15, 0.2) is 0 Å². The Morgan fingerprint density at radius 1 is 1.50 bits per heavy atom. The Balaban J connectivity index is 3.50. The van der Waals surface area contributed by atoms with Gasteiger partial charge in [-0.05, 0) is 13.5 Å². The largest absolute Gasteiger partial charge is 0.355 e. The third-order valence-corrected chi connectivity index (χ3v) is 2.53. The second-order valence-corrected chi connectivity index (χ2v) is 4.84. The van der Waals surface area contributed by atoms with Crippen molar-refractivity contribution in [3.05, 3.63) is 0 Å². The van der Waals surface area contributed by atoms with Crippen LogP contribution in [0.2, 0.25) is 0 Å². The number of carbonyl (C=O) groups is 1. The maximum Gasteiger partial charge on any atom is 0.221 e. The minimum absolute atomic E-state index is 0.0175. The van der Waals surface area contributed by atoms with Gasteiger partial charge in [-0.2, -0.15) is 0 Å². The molecule has 0 aliphatic rings. The van der Waals surface area contributed by atoms with E-state index in [9.17, 15) is 9.00 Å². The van der Waals surface area contributed by atoms with Gasteiger partial charge in [-0.15, -0.1) is 0 Å². The average Bonchev–Trinajstić information content (AvgIpc) is 2.03. The van der Waals surface area contributed by atoms with Gasteiger partial charge < -0.3 is 10.6 Å². The van der Waals surface area contributed by atoms with Gasteiger partial charge in [0.2, 0.25) is 5.91 Å². The van der Waals surface area contributed by atoms with Crippen molar-refractivity contribution in [3.63, 3.8) is 0 Å². The summed E-state index contributed by atoms with van der Waals surface area (Å²) in [5.41, 5.74) is 0. The molecule has 0 aromatic heterocycles. The van der Waals surface area contributed by atoms with Crippen LogP contribution in [0.4, 0.5) is 0 Å². The number of nitrogens with one attached hydrogen (secondary N) is 2. The molecule has 0 saturated heterocycles. The molecule has 1 amide bonds. The van der Waals surface area contributed by atoms with Gasteiger partial charge >= 0.3 is 0 Å². The van der Waals surface area contributed by atoms with E-state index in [-0.39, 0.29) is 11.9 Å². The molecule has 2 N–H and O–H groups in total. The lowest BCUT2D eigenvalue weighted by Gasteiger charge is -2.11. The van der Waals surface area contributed by atoms with Gasteiger partial charge in [0.1, 0.15) is 0 Å². The molecule has 0 heterocycles. The SMILES string of the molecule is CCNC(C)CC(=O)NCCS(C)=O. The summed E-state index contributed by atoms with van der Waals surface area (Å²) in [6, 6.07) is 0.201. The van der Waals surface area contributed by atoms with Gasteiger partial charge in [-0.1, -0.05) is 6.92 Å². The number of carbonyl (C=O) groups excluding carboxylic acids is 1. The minimum atomic E-state index is -0.828. The minimum Gasteiger partial charge on any atom is -0.355 e. The van der Waals surface area contributed by atoms with E-state index in [0.29, 0.717) is 18.7 Å². The molecule has 0 aromatic rings. The van der Waals surface area contributed by atoms with E-state index in [2.05, 4.69) is 10.6 Å². The van der Waals surface area contributed by atoms with E-state index in [0.717, 1.165) is 6.54 Å². The highest BCUT2D eigenvalue weighted by Crippen LogP contribution is 1.89. The van der Waals surface area contributed by atoms with Crippen LogP contribution in [0.1, 0.15) is 20.3 Å². The van der Waals surface area contributed by atoms with E-state index in [1.165, 1.54) is 0 Å². The van der Waals surface area contributed by atoms with Crippen LogP contribution in [0, 0.1) is 0 Å². The van der Waals surface area contributed by atoms with Crippen LogP contribution in [0.5, 0.6) is 0 Å². The Labute approximate surface area is 88.3 Å². The Kier molecular flexibility index (Phi) is 7.70. The van der Waals surface area contributed by atoms with Crippen molar-refractivity contribution in [2.75, 3.05) is 25.1 Å². The molecular weight excluding hydrogens is 200 g/mol. The molecule has 0 radical (unpaired) electrons. The number of hydrogen-bond donors (Lipinski definition) is 2. The third kappa shape index (κ3) is 8.19.